The largest absolute Gasteiger partial charge is 0.465 e. The van der Waals surface area contributed by atoms with Crippen LogP contribution in [0.1, 0.15) is 33.1 Å². The Kier molecular flexibility index (Phi) is 8.24. The Hall–Kier alpha value is -0.830. The van der Waals surface area contributed by atoms with Crippen LogP contribution in [-0.4, -0.2) is 25.2 Å². The van der Waals surface area contributed by atoms with Crippen LogP contribution in [-0.2, 0) is 9.53 Å². The molecule has 0 aliphatic carbocycles. The van der Waals surface area contributed by atoms with Gasteiger partial charge in [-0.2, -0.15) is 0 Å². The zero-order valence-electron chi connectivity index (χ0n) is 9.21. The lowest BCUT2D eigenvalue weighted by molar-refractivity contribution is -0.142. The third-order valence-electron chi connectivity index (χ3n) is 1.88. The van der Waals surface area contributed by atoms with E-state index in [1.165, 1.54) is 0 Å². The number of unbranched alkanes of at least 4 members (excludes halogenated alkanes) is 1. The predicted molar refractivity (Wildman–Crippen MR) is 58.1 cm³/mol. The van der Waals surface area contributed by atoms with Gasteiger partial charge in [-0.1, -0.05) is 19.4 Å². The molecule has 0 spiro atoms. The number of ether oxygens (including phenoxy) is 1. The first-order chi connectivity index (χ1) is 6.70. The summed E-state index contributed by atoms with van der Waals surface area (Å²) in [6, 6.07) is 0.284. The molecular weight excluding hydrogens is 178 g/mol. The summed E-state index contributed by atoms with van der Waals surface area (Å²) >= 11 is 0. The Labute approximate surface area is 86.5 Å². The maximum Gasteiger partial charge on any atom is 0.319 e. The fraction of sp³-hybridized carbons (Fsp3) is 0.727. The van der Waals surface area contributed by atoms with Gasteiger partial charge in [-0.25, -0.2) is 0 Å². The molecule has 0 bridgehead atoms. The minimum Gasteiger partial charge on any atom is -0.465 e. The van der Waals surface area contributed by atoms with Gasteiger partial charge in [0.05, 0.1) is 13.2 Å². The molecule has 0 radical (unpaired) electrons. The number of carbonyl (C=O) groups is 1. The van der Waals surface area contributed by atoms with Crippen molar-refractivity contribution in [2.75, 3.05) is 13.2 Å². The van der Waals surface area contributed by atoms with E-state index in [1.807, 2.05) is 13.0 Å². The lowest BCUT2D eigenvalue weighted by Crippen LogP contribution is -2.32. The number of esters is 1. The maximum atomic E-state index is 11.1. The van der Waals surface area contributed by atoms with Gasteiger partial charge in [-0.15, -0.1) is 6.58 Å². The quantitative estimate of drug-likeness (QED) is 0.368. The fourth-order valence-electron chi connectivity index (χ4n) is 0.972. The topological polar surface area (TPSA) is 38.3 Å². The van der Waals surface area contributed by atoms with Crippen LogP contribution < -0.4 is 5.32 Å². The molecule has 0 aliphatic heterocycles. The van der Waals surface area contributed by atoms with Crippen LogP contribution in [0.15, 0.2) is 12.7 Å². The average molecular weight is 199 g/mol. The van der Waals surface area contributed by atoms with Gasteiger partial charge >= 0.3 is 5.97 Å². The molecule has 1 atom stereocenters. The van der Waals surface area contributed by atoms with Crippen LogP contribution in [0.3, 0.4) is 0 Å². The van der Waals surface area contributed by atoms with E-state index in [1.54, 1.807) is 0 Å². The summed E-state index contributed by atoms with van der Waals surface area (Å²) in [5.41, 5.74) is 0. The Bertz CT molecular complexity index is 169. The van der Waals surface area contributed by atoms with Gasteiger partial charge in [0.2, 0.25) is 0 Å². The van der Waals surface area contributed by atoms with Gasteiger partial charge in [-0.05, 0) is 19.8 Å². The summed E-state index contributed by atoms with van der Waals surface area (Å²) in [6.07, 6.45) is 4.68. The van der Waals surface area contributed by atoms with Crippen LogP contribution in [0.25, 0.3) is 0 Å². The second-order valence-corrected chi connectivity index (χ2v) is 3.38. The standard InChI is InChI=1S/C11H21NO2/c1-4-6-8-14-11(13)9-12-10(3)7-5-2/h5,10,12H,2,4,6-9H2,1,3H3. The lowest BCUT2D eigenvalue weighted by atomic mass is 10.2. The van der Waals surface area contributed by atoms with Crippen LogP contribution in [0, 0.1) is 0 Å². The molecule has 0 saturated carbocycles. The van der Waals surface area contributed by atoms with Gasteiger partial charge in [0.15, 0.2) is 0 Å². The normalized spacial score (nSPS) is 12.1. The minimum atomic E-state index is -0.172. The van der Waals surface area contributed by atoms with Crippen molar-refractivity contribution in [1.29, 1.82) is 0 Å². The number of hydrogen-bond donors (Lipinski definition) is 1. The molecule has 3 heteroatoms. The monoisotopic (exact) mass is 199 g/mol. The Balaban J connectivity index is 3.38. The van der Waals surface area contributed by atoms with E-state index in [2.05, 4.69) is 18.8 Å². The van der Waals surface area contributed by atoms with Crippen molar-refractivity contribution in [3.05, 3.63) is 12.7 Å². The first kappa shape index (κ1) is 13.2. The van der Waals surface area contributed by atoms with Crippen LogP contribution in [0.5, 0.6) is 0 Å². The smallest absolute Gasteiger partial charge is 0.319 e. The second kappa shape index (κ2) is 8.75. The summed E-state index contributed by atoms with van der Waals surface area (Å²) in [4.78, 5) is 11.1. The summed E-state index contributed by atoms with van der Waals surface area (Å²) < 4.78 is 4.98. The van der Waals surface area contributed by atoms with Crippen molar-refractivity contribution in [1.82, 2.24) is 5.32 Å². The van der Waals surface area contributed by atoms with Crippen LogP contribution in [0.2, 0.25) is 0 Å². The van der Waals surface area contributed by atoms with Gasteiger partial charge < -0.3 is 10.1 Å². The van der Waals surface area contributed by atoms with E-state index in [9.17, 15) is 4.79 Å². The number of carbonyl (C=O) groups excluding carboxylic acids is 1. The predicted octanol–water partition coefficient (Wildman–Crippen LogP) is 1.88. The molecule has 14 heavy (non-hydrogen) atoms. The summed E-state index contributed by atoms with van der Waals surface area (Å²) in [5.74, 6) is -0.172. The molecule has 0 aromatic carbocycles. The Morgan fingerprint density at radius 3 is 2.93 bits per heavy atom. The molecule has 0 amide bonds. The first-order valence-electron chi connectivity index (χ1n) is 5.20. The Morgan fingerprint density at radius 2 is 2.36 bits per heavy atom. The van der Waals surface area contributed by atoms with Crippen molar-refractivity contribution in [3.63, 3.8) is 0 Å². The molecule has 0 aromatic rings. The van der Waals surface area contributed by atoms with Crippen LogP contribution >= 0.6 is 0 Å². The highest BCUT2D eigenvalue weighted by molar-refractivity contribution is 5.71. The minimum absolute atomic E-state index is 0.172. The van der Waals surface area contributed by atoms with Gasteiger partial charge in [0.1, 0.15) is 0 Å². The van der Waals surface area contributed by atoms with E-state index >= 15 is 0 Å². The zero-order valence-corrected chi connectivity index (χ0v) is 9.21. The molecule has 0 rings (SSSR count). The molecule has 0 aliphatic rings. The van der Waals surface area contributed by atoms with Crippen molar-refractivity contribution in [3.8, 4) is 0 Å². The molecule has 0 fully saturated rings. The van der Waals surface area contributed by atoms with E-state index < -0.39 is 0 Å². The first-order valence-corrected chi connectivity index (χ1v) is 5.20. The lowest BCUT2D eigenvalue weighted by Gasteiger charge is -2.10. The number of hydrogen-bond acceptors (Lipinski definition) is 3. The zero-order chi connectivity index (χ0) is 10.8. The van der Waals surface area contributed by atoms with E-state index in [0.29, 0.717) is 13.2 Å². The van der Waals surface area contributed by atoms with Crippen molar-refractivity contribution in [2.24, 2.45) is 0 Å². The average Bonchev–Trinajstić information content (AvgIpc) is 2.16. The van der Waals surface area contributed by atoms with Crippen molar-refractivity contribution < 1.29 is 9.53 Å². The van der Waals surface area contributed by atoms with Crippen molar-refractivity contribution in [2.45, 2.75) is 39.2 Å². The van der Waals surface area contributed by atoms with Crippen LogP contribution in [0.4, 0.5) is 0 Å². The third-order valence-corrected chi connectivity index (χ3v) is 1.88. The second-order valence-electron chi connectivity index (χ2n) is 3.38. The number of nitrogens with one attached hydrogen (secondary N) is 1. The molecule has 1 unspecified atom stereocenters. The molecule has 0 heterocycles. The van der Waals surface area contributed by atoms with Gasteiger partial charge in [0.25, 0.3) is 0 Å². The third kappa shape index (κ3) is 7.80. The van der Waals surface area contributed by atoms with E-state index in [-0.39, 0.29) is 12.0 Å². The van der Waals surface area contributed by atoms with Crippen molar-refractivity contribution >= 4 is 5.97 Å². The van der Waals surface area contributed by atoms with Gasteiger partial charge in [0, 0.05) is 6.04 Å². The molecule has 0 saturated heterocycles. The molecule has 0 aromatic heterocycles. The molecule has 3 nitrogen and oxygen atoms in total. The van der Waals surface area contributed by atoms with Gasteiger partial charge in [-0.3, -0.25) is 4.79 Å². The summed E-state index contributed by atoms with van der Waals surface area (Å²) in [6.45, 7) is 8.54. The molecular formula is C11H21NO2. The SMILES string of the molecule is C=CCC(C)NCC(=O)OCCCC. The van der Waals surface area contributed by atoms with E-state index in [0.717, 1.165) is 19.3 Å². The Morgan fingerprint density at radius 1 is 1.64 bits per heavy atom. The fourth-order valence-corrected chi connectivity index (χ4v) is 0.972. The highest BCUT2D eigenvalue weighted by Gasteiger charge is 2.04. The highest BCUT2D eigenvalue weighted by atomic mass is 16.5. The highest BCUT2D eigenvalue weighted by Crippen LogP contribution is 1.91. The molecule has 82 valence electrons. The molecule has 1 N–H and O–H groups in total. The number of rotatable bonds is 8. The maximum absolute atomic E-state index is 11.1. The van der Waals surface area contributed by atoms with E-state index in [4.69, 9.17) is 4.74 Å². The summed E-state index contributed by atoms with van der Waals surface area (Å²) in [5, 5.41) is 3.06. The summed E-state index contributed by atoms with van der Waals surface area (Å²) in [7, 11) is 0.